The molecule has 0 N–H and O–H groups in total. The van der Waals surface area contributed by atoms with Gasteiger partial charge in [-0.25, -0.2) is 9.97 Å². The first-order chi connectivity index (χ1) is 10.5. The van der Waals surface area contributed by atoms with Crippen molar-refractivity contribution in [1.82, 2.24) is 14.9 Å². The van der Waals surface area contributed by atoms with Crippen LogP contribution >= 0.6 is 11.3 Å². The third-order valence-corrected chi connectivity index (χ3v) is 4.41. The molecule has 0 atom stereocenters. The molecule has 0 radical (unpaired) electrons. The average Bonchev–Trinajstić information content (AvgIpc) is 3.00. The molecule has 1 fully saturated rings. The van der Waals surface area contributed by atoms with Crippen LogP contribution in [0, 0.1) is 0 Å². The van der Waals surface area contributed by atoms with Gasteiger partial charge in [0.05, 0.1) is 0 Å². The van der Waals surface area contributed by atoms with Crippen molar-refractivity contribution < 1.29 is 13.2 Å². The van der Waals surface area contributed by atoms with Gasteiger partial charge in [0, 0.05) is 43.8 Å². The molecule has 1 aliphatic heterocycles. The van der Waals surface area contributed by atoms with Crippen molar-refractivity contribution in [2.45, 2.75) is 12.7 Å². The zero-order valence-electron chi connectivity index (χ0n) is 11.8. The van der Waals surface area contributed by atoms with Gasteiger partial charge in [0.25, 0.3) is 0 Å². The van der Waals surface area contributed by atoms with E-state index in [1.165, 1.54) is 11.1 Å². The number of anilines is 1. The topological polar surface area (TPSA) is 32.3 Å². The molecule has 1 aliphatic rings. The van der Waals surface area contributed by atoms with E-state index in [1.807, 2.05) is 11.4 Å². The lowest BCUT2D eigenvalue weighted by molar-refractivity contribution is -0.141. The Morgan fingerprint density at radius 3 is 2.55 bits per heavy atom. The van der Waals surface area contributed by atoms with Crippen LogP contribution in [0.3, 0.4) is 0 Å². The molecule has 0 saturated carbocycles. The largest absolute Gasteiger partial charge is 0.433 e. The quantitative estimate of drug-likeness (QED) is 0.867. The summed E-state index contributed by atoms with van der Waals surface area (Å²) in [6, 6.07) is 5.01. The van der Waals surface area contributed by atoms with E-state index in [9.17, 15) is 13.2 Å². The van der Waals surface area contributed by atoms with Crippen molar-refractivity contribution >= 4 is 17.3 Å². The summed E-state index contributed by atoms with van der Waals surface area (Å²) in [4.78, 5) is 13.0. The molecule has 0 bridgehead atoms. The summed E-state index contributed by atoms with van der Waals surface area (Å²) >= 11 is 1.71. The van der Waals surface area contributed by atoms with Gasteiger partial charge < -0.3 is 4.90 Å². The van der Waals surface area contributed by atoms with Gasteiger partial charge >= 0.3 is 6.18 Å². The van der Waals surface area contributed by atoms with E-state index in [0.29, 0.717) is 13.1 Å². The zero-order chi connectivity index (χ0) is 15.6. The van der Waals surface area contributed by atoms with Crippen LogP contribution in [0.15, 0.2) is 29.8 Å². The number of hydrogen-bond donors (Lipinski definition) is 0. The Hall–Kier alpha value is -1.67. The molecule has 3 heterocycles. The van der Waals surface area contributed by atoms with Crippen molar-refractivity contribution in [3.63, 3.8) is 0 Å². The average molecular weight is 328 g/mol. The van der Waals surface area contributed by atoms with Gasteiger partial charge in [-0.2, -0.15) is 13.2 Å². The van der Waals surface area contributed by atoms with Gasteiger partial charge in [-0.15, -0.1) is 11.3 Å². The minimum Gasteiger partial charge on any atom is -0.338 e. The lowest BCUT2D eigenvalue weighted by atomic mass is 10.3. The van der Waals surface area contributed by atoms with E-state index in [0.717, 1.165) is 25.7 Å². The molecule has 0 unspecified atom stereocenters. The van der Waals surface area contributed by atoms with E-state index in [4.69, 9.17) is 0 Å². The maximum atomic E-state index is 12.7. The fourth-order valence-electron chi connectivity index (χ4n) is 2.39. The highest BCUT2D eigenvalue weighted by Crippen LogP contribution is 2.28. The standard InChI is InChI=1S/C14H15F3N4S/c15-14(16,17)12-3-4-18-13(19-12)21-7-5-20(6-8-21)10-11-2-1-9-22-11/h1-4,9H,5-8,10H2. The molecule has 0 amide bonds. The molecular formula is C14H15F3N4S. The van der Waals surface area contributed by atoms with Crippen LogP contribution < -0.4 is 4.90 Å². The van der Waals surface area contributed by atoms with Gasteiger partial charge in [0.2, 0.25) is 5.95 Å². The molecule has 0 spiro atoms. The molecule has 4 nitrogen and oxygen atoms in total. The fraction of sp³-hybridized carbons (Fsp3) is 0.429. The summed E-state index contributed by atoms with van der Waals surface area (Å²) in [6.07, 6.45) is -3.26. The fourth-order valence-corrected chi connectivity index (χ4v) is 3.13. The molecule has 2 aromatic rings. The second-order valence-corrected chi connectivity index (χ2v) is 6.11. The molecule has 22 heavy (non-hydrogen) atoms. The van der Waals surface area contributed by atoms with Gasteiger partial charge in [0.1, 0.15) is 5.69 Å². The van der Waals surface area contributed by atoms with Crippen molar-refractivity contribution in [2.75, 3.05) is 31.1 Å². The molecule has 3 rings (SSSR count). The number of piperazine rings is 1. The first kappa shape index (κ1) is 15.2. The maximum absolute atomic E-state index is 12.7. The normalized spacial score (nSPS) is 17.0. The molecule has 2 aromatic heterocycles. The molecule has 1 saturated heterocycles. The van der Waals surface area contributed by atoms with Crippen LogP contribution in [-0.4, -0.2) is 41.0 Å². The SMILES string of the molecule is FC(F)(F)c1ccnc(N2CCN(Cc3cccs3)CC2)n1. The van der Waals surface area contributed by atoms with Crippen molar-refractivity contribution in [2.24, 2.45) is 0 Å². The Bertz CT molecular complexity index is 607. The zero-order valence-corrected chi connectivity index (χ0v) is 12.6. The van der Waals surface area contributed by atoms with Gasteiger partial charge in [-0.05, 0) is 17.5 Å². The monoisotopic (exact) mass is 328 g/mol. The van der Waals surface area contributed by atoms with Gasteiger partial charge in [-0.3, -0.25) is 4.90 Å². The third kappa shape index (κ3) is 3.56. The van der Waals surface area contributed by atoms with Crippen molar-refractivity contribution in [3.05, 3.63) is 40.3 Å². The van der Waals surface area contributed by atoms with Crippen LogP contribution in [0.2, 0.25) is 0 Å². The highest BCUT2D eigenvalue weighted by atomic mass is 32.1. The van der Waals surface area contributed by atoms with Gasteiger partial charge in [0.15, 0.2) is 0 Å². The summed E-state index contributed by atoms with van der Waals surface area (Å²) in [6.45, 7) is 3.73. The molecule has 8 heteroatoms. The summed E-state index contributed by atoms with van der Waals surface area (Å²) < 4.78 is 38.1. The first-order valence-electron chi connectivity index (χ1n) is 6.92. The van der Waals surface area contributed by atoms with E-state index < -0.39 is 11.9 Å². The van der Waals surface area contributed by atoms with E-state index in [-0.39, 0.29) is 5.95 Å². The molecule has 0 aromatic carbocycles. The smallest absolute Gasteiger partial charge is 0.338 e. The van der Waals surface area contributed by atoms with Gasteiger partial charge in [-0.1, -0.05) is 6.07 Å². The summed E-state index contributed by atoms with van der Waals surface area (Å²) in [5.41, 5.74) is -0.890. The predicted molar refractivity (Wildman–Crippen MR) is 78.8 cm³/mol. The number of nitrogens with zero attached hydrogens (tertiary/aromatic N) is 4. The Labute approximate surface area is 130 Å². The van der Waals surface area contributed by atoms with Crippen LogP contribution in [-0.2, 0) is 12.7 Å². The predicted octanol–water partition coefficient (Wildman–Crippen LogP) is 2.88. The van der Waals surface area contributed by atoms with Crippen LogP contribution in [0.25, 0.3) is 0 Å². The lowest BCUT2D eigenvalue weighted by Crippen LogP contribution is -2.46. The summed E-state index contributed by atoms with van der Waals surface area (Å²) in [7, 11) is 0. The highest BCUT2D eigenvalue weighted by Gasteiger charge is 2.33. The third-order valence-electron chi connectivity index (χ3n) is 3.55. The number of alkyl halides is 3. The summed E-state index contributed by atoms with van der Waals surface area (Å²) in [5.74, 6) is 0.158. The minimum absolute atomic E-state index is 0.158. The second-order valence-electron chi connectivity index (χ2n) is 5.08. The van der Waals surface area contributed by atoms with Crippen molar-refractivity contribution in [1.29, 1.82) is 0 Å². The maximum Gasteiger partial charge on any atom is 0.433 e. The minimum atomic E-state index is -4.43. The van der Waals surface area contributed by atoms with E-state index in [1.54, 1.807) is 16.2 Å². The number of rotatable bonds is 3. The number of aromatic nitrogens is 2. The Kier molecular flexibility index (Phi) is 4.30. The molecule has 0 aliphatic carbocycles. The van der Waals surface area contributed by atoms with E-state index >= 15 is 0 Å². The number of thiophene rings is 1. The molecule has 118 valence electrons. The highest BCUT2D eigenvalue weighted by molar-refractivity contribution is 7.09. The molecular weight excluding hydrogens is 313 g/mol. The first-order valence-corrected chi connectivity index (χ1v) is 7.80. The Balaban J connectivity index is 1.61. The van der Waals surface area contributed by atoms with E-state index in [2.05, 4.69) is 20.9 Å². The van der Waals surface area contributed by atoms with Crippen LogP contribution in [0.4, 0.5) is 19.1 Å². The van der Waals surface area contributed by atoms with Crippen molar-refractivity contribution in [3.8, 4) is 0 Å². The Morgan fingerprint density at radius 1 is 1.14 bits per heavy atom. The number of halogens is 3. The van der Waals surface area contributed by atoms with Crippen LogP contribution in [0.5, 0.6) is 0 Å². The summed E-state index contributed by atoms with van der Waals surface area (Å²) in [5, 5.41) is 2.04. The lowest BCUT2D eigenvalue weighted by Gasteiger charge is -2.34. The second kappa shape index (κ2) is 6.21. The number of hydrogen-bond acceptors (Lipinski definition) is 5. The Morgan fingerprint density at radius 2 is 1.91 bits per heavy atom. The van der Waals surface area contributed by atoms with Crippen LogP contribution in [0.1, 0.15) is 10.6 Å².